The van der Waals surface area contributed by atoms with Crippen LogP contribution in [0.3, 0.4) is 0 Å². The highest BCUT2D eigenvalue weighted by atomic mass is 16.5. The Morgan fingerprint density at radius 1 is 1.16 bits per heavy atom. The van der Waals surface area contributed by atoms with Crippen molar-refractivity contribution in [3.05, 3.63) is 82.6 Å². The summed E-state index contributed by atoms with van der Waals surface area (Å²) in [5, 5.41) is 6.23. The number of ether oxygens (including phenoxy) is 1. The summed E-state index contributed by atoms with van der Waals surface area (Å²) in [5.41, 5.74) is 6.15. The smallest absolute Gasteiger partial charge is 0.251 e. The number of rotatable bonds is 11. The van der Waals surface area contributed by atoms with Crippen molar-refractivity contribution < 1.29 is 9.53 Å². The lowest BCUT2D eigenvalue weighted by molar-refractivity contribution is -0.117. The van der Waals surface area contributed by atoms with Crippen LogP contribution in [0.4, 0.5) is 0 Å². The number of likely N-dealkylation sites (N-methyl/N-ethyl adjacent to an activating group) is 1. The summed E-state index contributed by atoms with van der Waals surface area (Å²) in [6.07, 6.45) is 8.91. The molecule has 1 aromatic carbocycles. The van der Waals surface area contributed by atoms with Crippen molar-refractivity contribution in [2.24, 2.45) is 5.92 Å². The van der Waals surface area contributed by atoms with Crippen LogP contribution in [0.5, 0.6) is 0 Å². The van der Waals surface area contributed by atoms with Crippen LogP contribution >= 0.6 is 0 Å². The Morgan fingerprint density at radius 3 is 2.47 bits per heavy atom. The molecule has 1 aliphatic rings. The van der Waals surface area contributed by atoms with Gasteiger partial charge in [-0.2, -0.15) is 0 Å². The van der Waals surface area contributed by atoms with Crippen LogP contribution in [0.1, 0.15) is 52.0 Å². The average Bonchev–Trinajstić information content (AvgIpc) is 2.83. The SMILES string of the molecule is C=C(NC)/C(C)=C/C(=C\C(Cc1ccccc1)=C(/C)CC)C(=O)NCCC1CCOCC1. The third-order valence-electron chi connectivity index (χ3n) is 6.24. The monoisotopic (exact) mass is 436 g/mol. The van der Waals surface area contributed by atoms with Gasteiger partial charge in [-0.25, -0.2) is 0 Å². The second kappa shape index (κ2) is 13.7. The molecule has 2 N–H and O–H groups in total. The summed E-state index contributed by atoms with van der Waals surface area (Å²) in [7, 11) is 1.85. The Bertz CT molecular complexity index is 843. The van der Waals surface area contributed by atoms with Crippen LogP contribution in [0.2, 0.25) is 0 Å². The van der Waals surface area contributed by atoms with Crippen molar-refractivity contribution in [2.75, 3.05) is 26.8 Å². The molecule has 32 heavy (non-hydrogen) atoms. The van der Waals surface area contributed by atoms with Gasteiger partial charge in [-0.3, -0.25) is 4.79 Å². The second-order valence-electron chi connectivity index (χ2n) is 8.58. The molecule has 174 valence electrons. The van der Waals surface area contributed by atoms with E-state index in [2.05, 4.69) is 61.4 Å². The van der Waals surface area contributed by atoms with Crippen LogP contribution in [-0.2, 0) is 16.0 Å². The highest BCUT2D eigenvalue weighted by molar-refractivity contribution is 5.97. The molecule has 0 unspecified atom stereocenters. The molecule has 0 saturated carbocycles. The van der Waals surface area contributed by atoms with Gasteiger partial charge in [-0.05, 0) is 80.7 Å². The summed E-state index contributed by atoms with van der Waals surface area (Å²) in [6, 6.07) is 10.4. The van der Waals surface area contributed by atoms with Gasteiger partial charge in [-0.15, -0.1) is 0 Å². The van der Waals surface area contributed by atoms with Gasteiger partial charge in [0.15, 0.2) is 0 Å². The van der Waals surface area contributed by atoms with Crippen LogP contribution in [-0.4, -0.2) is 32.7 Å². The summed E-state index contributed by atoms with van der Waals surface area (Å²) >= 11 is 0. The van der Waals surface area contributed by atoms with Gasteiger partial charge in [0, 0.05) is 38.1 Å². The third-order valence-corrected chi connectivity index (χ3v) is 6.24. The van der Waals surface area contributed by atoms with Crippen molar-refractivity contribution in [2.45, 2.75) is 52.9 Å². The highest BCUT2D eigenvalue weighted by Crippen LogP contribution is 2.20. The summed E-state index contributed by atoms with van der Waals surface area (Å²) in [5.74, 6) is 0.600. The Hall–Kier alpha value is -2.59. The van der Waals surface area contributed by atoms with Gasteiger partial charge in [0.05, 0.1) is 0 Å². The molecule has 4 nitrogen and oxygen atoms in total. The zero-order valence-electron chi connectivity index (χ0n) is 20.3. The predicted molar refractivity (Wildman–Crippen MR) is 134 cm³/mol. The van der Waals surface area contributed by atoms with Crippen molar-refractivity contribution in [3.63, 3.8) is 0 Å². The normalized spacial score (nSPS) is 16.4. The Kier molecular flexibility index (Phi) is 11.0. The van der Waals surface area contributed by atoms with Gasteiger partial charge in [0.1, 0.15) is 0 Å². The van der Waals surface area contributed by atoms with Crippen LogP contribution in [0.15, 0.2) is 77.1 Å². The van der Waals surface area contributed by atoms with E-state index in [0.29, 0.717) is 18.0 Å². The largest absolute Gasteiger partial charge is 0.388 e. The number of hydrogen-bond acceptors (Lipinski definition) is 3. The molecule has 1 amide bonds. The number of carbonyl (C=O) groups is 1. The first-order chi connectivity index (χ1) is 15.4. The van der Waals surface area contributed by atoms with E-state index in [-0.39, 0.29) is 5.91 Å². The molecule has 0 aliphatic carbocycles. The fourth-order valence-corrected chi connectivity index (χ4v) is 3.77. The maximum absolute atomic E-state index is 13.2. The molecular weight excluding hydrogens is 396 g/mol. The van der Waals surface area contributed by atoms with E-state index in [1.807, 2.05) is 26.1 Å². The van der Waals surface area contributed by atoms with E-state index >= 15 is 0 Å². The first-order valence-corrected chi connectivity index (χ1v) is 11.8. The average molecular weight is 437 g/mol. The number of nitrogens with one attached hydrogen (secondary N) is 2. The van der Waals surface area contributed by atoms with Gasteiger partial charge >= 0.3 is 0 Å². The molecule has 1 aliphatic heterocycles. The summed E-state index contributed by atoms with van der Waals surface area (Å²) in [4.78, 5) is 13.2. The minimum Gasteiger partial charge on any atom is -0.388 e. The minimum atomic E-state index is -0.0326. The summed E-state index contributed by atoms with van der Waals surface area (Å²) in [6.45, 7) is 12.7. The molecule has 0 radical (unpaired) electrons. The minimum absolute atomic E-state index is 0.0326. The first kappa shape index (κ1) is 25.7. The molecule has 0 atom stereocenters. The number of benzene rings is 1. The first-order valence-electron chi connectivity index (χ1n) is 11.8. The maximum Gasteiger partial charge on any atom is 0.251 e. The molecule has 1 aromatic rings. The van der Waals surface area contributed by atoms with Crippen LogP contribution in [0, 0.1) is 5.92 Å². The lowest BCUT2D eigenvalue weighted by atomic mass is 9.95. The molecule has 1 heterocycles. The Morgan fingerprint density at radius 2 is 1.84 bits per heavy atom. The Balaban J connectivity index is 2.25. The quantitative estimate of drug-likeness (QED) is 0.356. The molecule has 0 aromatic heterocycles. The Labute approximate surface area is 194 Å². The van der Waals surface area contributed by atoms with Crippen molar-refractivity contribution in [1.29, 1.82) is 0 Å². The maximum atomic E-state index is 13.2. The fraction of sp³-hybridized carbons (Fsp3) is 0.464. The second-order valence-corrected chi connectivity index (χ2v) is 8.58. The number of amides is 1. The van der Waals surface area contributed by atoms with E-state index < -0.39 is 0 Å². The molecule has 2 rings (SSSR count). The lowest BCUT2D eigenvalue weighted by Crippen LogP contribution is -2.28. The van der Waals surface area contributed by atoms with Gasteiger partial charge in [0.25, 0.3) is 5.91 Å². The lowest BCUT2D eigenvalue weighted by Gasteiger charge is -2.22. The fourth-order valence-electron chi connectivity index (χ4n) is 3.77. The van der Waals surface area contributed by atoms with Crippen LogP contribution < -0.4 is 10.6 Å². The van der Waals surface area contributed by atoms with Gasteiger partial charge < -0.3 is 15.4 Å². The van der Waals surface area contributed by atoms with E-state index in [9.17, 15) is 4.79 Å². The topological polar surface area (TPSA) is 50.4 Å². The zero-order chi connectivity index (χ0) is 23.3. The van der Waals surface area contributed by atoms with Crippen molar-refractivity contribution in [3.8, 4) is 0 Å². The standard InChI is InChI=1S/C28H40N2O2/c1-6-21(2)26(19-25-10-8-7-9-11-25)20-27(18-22(3)23(4)29-5)28(31)30-15-12-24-13-16-32-17-14-24/h7-11,18,20,24,29H,4,6,12-17,19H2,1-3,5H3,(H,30,31)/b22-18+,26-21+,27-20+. The number of hydrogen-bond donors (Lipinski definition) is 2. The molecule has 0 spiro atoms. The zero-order valence-corrected chi connectivity index (χ0v) is 20.3. The molecule has 1 saturated heterocycles. The van der Waals surface area contributed by atoms with Crippen molar-refractivity contribution >= 4 is 5.91 Å². The number of carbonyl (C=O) groups excluding carboxylic acids is 1. The molecular formula is C28H40N2O2. The highest BCUT2D eigenvalue weighted by Gasteiger charge is 2.15. The van der Waals surface area contributed by atoms with E-state index in [4.69, 9.17) is 4.74 Å². The van der Waals surface area contributed by atoms with Crippen molar-refractivity contribution in [1.82, 2.24) is 10.6 Å². The predicted octanol–water partition coefficient (Wildman–Crippen LogP) is 5.49. The molecule has 4 heteroatoms. The van der Waals surface area contributed by atoms with Crippen LogP contribution in [0.25, 0.3) is 0 Å². The molecule has 1 fully saturated rings. The van der Waals surface area contributed by atoms with E-state index in [1.54, 1.807) is 0 Å². The summed E-state index contributed by atoms with van der Waals surface area (Å²) < 4.78 is 5.44. The molecule has 0 bridgehead atoms. The van der Waals surface area contributed by atoms with E-state index in [1.165, 1.54) is 16.7 Å². The van der Waals surface area contributed by atoms with Gasteiger partial charge in [0.2, 0.25) is 0 Å². The van der Waals surface area contributed by atoms with Gasteiger partial charge in [-0.1, -0.05) is 49.4 Å². The van der Waals surface area contributed by atoms with E-state index in [0.717, 1.165) is 56.6 Å². The third kappa shape index (κ3) is 8.51. The number of allylic oxidation sites excluding steroid dienone is 4.